The third-order valence-corrected chi connectivity index (χ3v) is 3.74. The topological polar surface area (TPSA) is 38.0 Å². The van der Waals surface area contributed by atoms with Crippen LogP contribution in [-0.2, 0) is 0 Å². The molecule has 0 heterocycles. The normalized spacial score (nSPS) is 19.6. The molecule has 0 saturated heterocycles. The van der Waals surface area contributed by atoms with Crippen LogP contribution < -0.4 is 11.3 Å². The maximum absolute atomic E-state index is 6.02. The molecule has 1 saturated carbocycles. The molecule has 0 bridgehead atoms. The quantitative estimate of drug-likeness (QED) is 0.626. The number of hydrogen-bond donors (Lipinski definition) is 2. The van der Waals surface area contributed by atoms with Crippen molar-refractivity contribution >= 4 is 11.6 Å². The van der Waals surface area contributed by atoms with Gasteiger partial charge in [-0.15, -0.1) is 0 Å². The van der Waals surface area contributed by atoms with E-state index >= 15 is 0 Å². The molecule has 0 radical (unpaired) electrons. The zero-order chi connectivity index (χ0) is 11.4. The minimum atomic E-state index is 0.249. The van der Waals surface area contributed by atoms with Gasteiger partial charge < -0.3 is 0 Å². The maximum atomic E-state index is 6.02. The summed E-state index contributed by atoms with van der Waals surface area (Å²) in [6, 6.07) is 8.26. The monoisotopic (exact) mass is 238 g/mol. The highest BCUT2D eigenvalue weighted by atomic mass is 35.5. The van der Waals surface area contributed by atoms with Gasteiger partial charge >= 0.3 is 0 Å². The number of hydrazine groups is 1. The average Bonchev–Trinajstić information content (AvgIpc) is 2.31. The second-order valence-electron chi connectivity index (χ2n) is 4.60. The Morgan fingerprint density at radius 3 is 2.62 bits per heavy atom. The molecular weight excluding hydrogens is 220 g/mol. The van der Waals surface area contributed by atoms with E-state index in [0.717, 1.165) is 5.02 Å². The van der Waals surface area contributed by atoms with Crippen molar-refractivity contribution < 1.29 is 0 Å². The molecule has 16 heavy (non-hydrogen) atoms. The largest absolute Gasteiger partial charge is 0.271 e. The van der Waals surface area contributed by atoms with Crippen LogP contribution in [-0.4, -0.2) is 0 Å². The highest BCUT2D eigenvalue weighted by Gasteiger charge is 2.23. The predicted molar refractivity (Wildman–Crippen MR) is 68.1 cm³/mol. The maximum Gasteiger partial charge on any atom is 0.0488 e. The highest BCUT2D eigenvalue weighted by molar-refractivity contribution is 6.30. The number of rotatable bonds is 3. The molecule has 2 rings (SSSR count). The van der Waals surface area contributed by atoms with E-state index in [1.807, 2.05) is 18.2 Å². The number of nitrogens with one attached hydrogen (secondary N) is 1. The van der Waals surface area contributed by atoms with E-state index in [2.05, 4.69) is 11.5 Å². The second kappa shape index (κ2) is 5.67. The summed E-state index contributed by atoms with van der Waals surface area (Å²) < 4.78 is 0. The number of hydrogen-bond acceptors (Lipinski definition) is 2. The van der Waals surface area contributed by atoms with Gasteiger partial charge in [0, 0.05) is 11.1 Å². The number of halogens is 1. The molecule has 0 aliphatic heterocycles. The van der Waals surface area contributed by atoms with Crippen LogP contribution in [0.1, 0.15) is 43.7 Å². The van der Waals surface area contributed by atoms with Crippen LogP contribution in [0.4, 0.5) is 0 Å². The lowest BCUT2D eigenvalue weighted by Gasteiger charge is -2.30. The molecule has 1 aliphatic carbocycles. The molecule has 1 aromatic carbocycles. The first-order valence-electron chi connectivity index (χ1n) is 6.03. The molecule has 1 atom stereocenters. The first-order chi connectivity index (χ1) is 7.81. The van der Waals surface area contributed by atoms with Gasteiger partial charge in [0.15, 0.2) is 0 Å². The van der Waals surface area contributed by atoms with Crippen molar-refractivity contribution in [2.24, 2.45) is 11.8 Å². The van der Waals surface area contributed by atoms with Crippen molar-refractivity contribution in [2.75, 3.05) is 0 Å². The molecule has 2 nitrogen and oxygen atoms in total. The molecule has 0 amide bonds. The van der Waals surface area contributed by atoms with E-state index in [0.29, 0.717) is 5.92 Å². The molecule has 0 aromatic heterocycles. The molecule has 1 aromatic rings. The van der Waals surface area contributed by atoms with E-state index in [4.69, 9.17) is 17.4 Å². The molecule has 1 aliphatic rings. The third-order valence-electron chi connectivity index (χ3n) is 3.51. The smallest absolute Gasteiger partial charge is 0.0488 e. The SMILES string of the molecule is NNC(c1cccc(Cl)c1)C1CCCCC1. The summed E-state index contributed by atoms with van der Waals surface area (Å²) in [6.07, 6.45) is 6.54. The molecule has 0 spiro atoms. The fraction of sp³-hybridized carbons (Fsp3) is 0.538. The number of nitrogens with two attached hydrogens (primary N) is 1. The van der Waals surface area contributed by atoms with Gasteiger partial charge in [-0.3, -0.25) is 11.3 Å². The average molecular weight is 239 g/mol. The standard InChI is InChI=1S/C13H19ClN2/c14-12-8-4-7-11(9-12)13(16-15)10-5-2-1-3-6-10/h4,7-10,13,16H,1-3,5-6,15H2. The van der Waals surface area contributed by atoms with E-state index in [9.17, 15) is 0 Å². The Hall–Kier alpha value is -0.570. The van der Waals surface area contributed by atoms with E-state index in [1.165, 1.54) is 37.7 Å². The lowest BCUT2D eigenvalue weighted by atomic mass is 9.81. The molecule has 1 unspecified atom stereocenters. The van der Waals surface area contributed by atoms with Crippen LogP contribution in [0.3, 0.4) is 0 Å². The highest BCUT2D eigenvalue weighted by Crippen LogP contribution is 2.34. The molecular formula is C13H19ClN2. The Bertz CT molecular complexity index is 334. The van der Waals surface area contributed by atoms with Crippen molar-refractivity contribution in [3.05, 3.63) is 34.9 Å². The predicted octanol–water partition coefficient (Wildman–Crippen LogP) is 3.42. The fourth-order valence-corrected chi connectivity index (χ4v) is 2.87. The van der Waals surface area contributed by atoms with Crippen LogP contribution in [0.5, 0.6) is 0 Å². The van der Waals surface area contributed by atoms with Gasteiger partial charge in [0.05, 0.1) is 0 Å². The Morgan fingerprint density at radius 1 is 1.25 bits per heavy atom. The third kappa shape index (κ3) is 2.76. The van der Waals surface area contributed by atoms with E-state index in [1.54, 1.807) is 0 Å². The Morgan fingerprint density at radius 2 is 2.00 bits per heavy atom. The first kappa shape index (κ1) is 11.9. The van der Waals surface area contributed by atoms with Crippen molar-refractivity contribution in [1.82, 2.24) is 5.43 Å². The fourth-order valence-electron chi connectivity index (χ4n) is 2.67. The molecule has 88 valence electrons. The van der Waals surface area contributed by atoms with Gasteiger partial charge in [-0.2, -0.15) is 0 Å². The molecule has 3 N–H and O–H groups in total. The minimum absolute atomic E-state index is 0.249. The zero-order valence-electron chi connectivity index (χ0n) is 9.45. The van der Waals surface area contributed by atoms with Gasteiger partial charge in [0.25, 0.3) is 0 Å². The first-order valence-corrected chi connectivity index (χ1v) is 6.40. The zero-order valence-corrected chi connectivity index (χ0v) is 10.2. The van der Waals surface area contributed by atoms with E-state index in [-0.39, 0.29) is 6.04 Å². The second-order valence-corrected chi connectivity index (χ2v) is 5.03. The summed E-state index contributed by atoms with van der Waals surface area (Å²) in [4.78, 5) is 0. The van der Waals surface area contributed by atoms with Crippen LogP contribution >= 0.6 is 11.6 Å². The summed E-state index contributed by atoms with van der Waals surface area (Å²) in [5.41, 5.74) is 4.17. The Kier molecular flexibility index (Phi) is 4.22. The van der Waals surface area contributed by atoms with Gasteiger partial charge in [0.1, 0.15) is 0 Å². The van der Waals surface area contributed by atoms with Crippen molar-refractivity contribution in [1.29, 1.82) is 0 Å². The van der Waals surface area contributed by atoms with Crippen LogP contribution in [0.2, 0.25) is 5.02 Å². The van der Waals surface area contributed by atoms with Crippen molar-refractivity contribution in [3.63, 3.8) is 0 Å². The van der Waals surface area contributed by atoms with Crippen molar-refractivity contribution in [2.45, 2.75) is 38.1 Å². The summed E-state index contributed by atoms with van der Waals surface area (Å²) in [6.45, 7) is 0. The van der Waals surface area contributed by atoms with Crippen molar-refractivity contribution in [3.8, 4) is 0 Å². The van der Waals surface area contributed by atoms with E-state index < -0.39 is 0 Å². The Labute approximate surface area is 102 Å². The van der Waals surface area contributed by atoms with Gasteiger partial charge in [-0.25, -0.2) is 0 Å². The van der Waals surface area contributed by atoms with Gasteiger partial charge in [0.2, 0.25) is 0 Å². The minimum Gasteiger partial charge on any atom is -0.271 e. The molecule has 1 fully saturated rings. The Balaban J connectivity index is 2.14. The summed E-state index contributed by atoms with van der Waals surface area (Å²) in [7, 11) is 0. The summed E-state index contributed by atoms with van der Waals surface area (Å²) in [5, 5.41) is 0.786. The molecule has 3 heteroatoms. The summed E-state index contributed by atoms with van der Waals surface area (Å²) in [5.74, 6) is 6.34. The van der Waals surface area contributed by atoms with Crippen LogP contribution in [0.25, 0.3) is 0 Å². The number of benzene rings is 1. The van der Waals surface area contributed by atoms with Gasteiger partial charge in [-0.05, 0) is 36.5 Å². The lowest BCUT2D eigenvalue weighted by molar-refractivity contribution is 0.273. The van der Waals surface area contributed by atoms with Crippen LogP contribution in [0, 0.1) is 5.92 Å². The van der Waals surface area contributed by atoms with Gasteiger partial charge in [-0.1, -0.05) is 43.0 Å². The summed E-state index contributed by atoms with van der Waals surface area (Å²) >= 11 is 6.02. The van der Waals surface area contributed by atoms with Crippen LogP contribution in [0.15, 0.2) is 24.3 Å². The lowest BCUT2D eigenvalue weighted by Crippen LogP contribution is -2.34.